The maximum atomic E-state index is 12.5. The largest absolute Gasteiger partial charge is 0.368 e. The van der Waals surface area contributed by atoms with Crippen molar-refractivity contribution < 1.29 is 9.59 Å². The first-order valence-electron chi connectivity index (χ1n) is 8.45. The fourth-order valence-electron chi connectivity index (χ4n) is 3.31. The van der Waals surface area contributed by atoms with E-state index in [1.54, 1.807) is 18.3 Å². The molecule has 2 amide bonds. The van der Waals surface area contributed by atoms with E-state index in [1.807, 2.05) is 41.3 Å². The van der Waals surface area contributed by atoms with Gasteiger partial charge in [0.1, 0.15) is 11.9 Å². The summed E-state index contributed by atoms with van der Waals surface area (Å²) in [7, 11) is 0. The molecule has 1 aliphatic rings. The molecule has 3 rings (SSSR count). The van der Waals surface area contributed by atoms with Gasteiger partial charge in [0, 0.05) is 12.7 Å². The third-order valence-corrected chi connectivity index (χ3v) is 4.49. The molecule has 6 heteroatoms. The van der Waals surface area contributed by atoms with Gasteiger partial charge in [-0.2, -0.15) is 0 Å². The third-order valence-electron chi connectivity index (χ3n) is 4.49. The summed E-state index contributed by atoms with van der Waals surface area (Å²) in [6.45, 7) is 1.25. The molecule has 0 saturated carbocycles. The fraction of sp³-hybridized carbons (Fsp3) is 0.316. The van der Waals surface area contributed by atoms with Crippen molar-refractivity contribution in [2.24, 2.45) is 11.7 Å². The molecule has 0 bridgehead atoms. The fourth-order valence-corrected chi connectivity index (χ4v) is 3.31. The van der Waals surface area contributed by atoms with Gasteiger partial charge in [-0.3, -0.25) is 14.5 Å². The van der Waals surface area contributed by atoms with Crippen molar-refractivity contribution in [1.29, 1.82) is 0 Å². The van der Waals surface area contributed by atoms with Crippen molar-refractivity contribution in [1.82, 2.24) is 9.88 Å². The van der Waals surface area contributed by atoms with Gasteiger partial charge in [-0.05, 0) is 37.1 Å². The Morgan fingerprint density at radius 2 is 1.92 bits per heavy atom. The van der Waals surface area contributed by atoms with E-state index in [-0.39, 0.29) is 11.8 Å². The van der Waals surface area contributed by atoms with Gasteiger partial charge in [-0.15, -0.1) is 0 Å². The van der Waals surface area contributed by atoms with Crippen molar-refractivity contribution in [3.05, 3.63) is 60.3 Å². The average molecular weight is 338 g/mol. The molecular weight excluding hydrogens is 316 g/mol. The monoisotopic (exact) mass is 338 g/mol. The molecule has 1 aliphatic heterocycles. The number of rotatable bonds is 5. The summed E-state index contributed by atoms with van der Waals surface area (Å²) < 4.78 is 0. The number of primary amides is 1. The number of benzene rings is 1. The lowest BCUT2D eigenvalue weighted by atomic mass is 9.93. The van der Waals surface area contributed by atoms with Gasteiger partial charge in [0.25, 0.3) is 0 Å². The Labute approximate surface area is 147 Å². The topological polar surface area (TPSA) is 88.3 Å². The van der Waals surface area contributed by atoms with E-state index in [0.717, 1.165) is 24.9 Å². The maximum Gasteiger partial charge on any atom is 0.239 e. The normalized spacial score (nSPS) is 19.1. The summed E-state index contributed by atoms with van der Waals surface area (Å²) in [6.07, 6.45) is 3.27. The highest BCUT2D eigenvalue weighted by Gasteiger charge is 2.33. The van der Waals surface area contributed by atoms with Crippen LogP contribution in [0.4, 0.5) is 5.82 Å². The molecule has 2 heterocycles. The van der Waals surface area contributed by atoms with Gasteiger partial charge in [-0.1, -0.05) is 36.4 Å². The summed E-state index contributed by atoms with van der Waals surface area (Å²) in [5.41, 5.74) is 6.52. The molecule has 1 aromatic carbocycles. The number of hydrogen-bond acceptors (Lipinski definition) is 4. The quantitative estimate of drug-likeness (QED) is 0.872. The van der Waals surface area contributed by atoms with E-state index < -0.39 is 11.9 Å². The van der Waals surface area contributed by atoms with Gasteiger partial charge < -0.3 is 11.1 Å². The molecule has 1 aromatic heterocycles. The van der Waals surface area contributed by atoms with Crippen LogP contribution in [0.25, 0.3) is 0 Å². The lowest BCUT2D eigenvalue weighted by molar-refractivity contribution is -0.127. The van der Waals surface area contributed by atoms with Crippen LogP contribution in [0, 0.1) is 5.92 Å². The number of pyridine rings is 1. The third kappa shape index (κ3) is 4.22. The predicted octanol–water partition coefficient (Wildman–Crippen LogP) is 1.96. The SMILES string of the molecule is NC(=O)[C@H](c1ccccc1)N1CCC[C@H](C(=O)Nc2ccccn2)C1. The number of hydrogen-bond donors (Lipinski definition) is 2. The molecule has 2 aromatic rings. The molecule has 25 heavy (non-hydrogen) atoms. The number of amides is 2. The van der Waals surface area contributed by atoms with Crippen molar-refractivity contribution >= 4 is 17.6 Å². The second-order valence-electron chi connectivity index (χ2n) is 6.25. The highest BCUT2D eigenvalue weighted by molar-refractivity contribution is 5.92. The van der Waals surface area contributed by atoms with E-state index in [0.29, 0.717) is 12.4 Å². The number of nitrogens with zero attached hydrogens (tertiary/aromatic N) is 2. The Bertz CT molecular complexity index is 721. The molecule has 1 fully saturated rings. The van der Waals surface area contributed by atoms with E-state index in [2.05, 4.69) is 10.3 Å². The second-order valence-corrected chi connectivity index (χ2v) is 6.25. The lowest BCUT2D eigenvalue weighted by Crippen LogP contribution is -2.46. The Balaban J connectivity index is 1.71. The van der Waals surface area contributed by atoms with Crippen LogP contribution >= 0.6 is 0 Å². The van der Waals surface area contributed by atoms with Gasteiger partial charge in [-0.25, -0.2) is 4.98 Å². The first kappa shape index (κ1) is 17.1. The minimum atomic E-state index is -0.508. The average Bonchev–Trinajstić information content (AvgIpc) is 2.63. The number of nitrogens with one attached hydrogen (secondary N) is 1. The van der Waals surface area contributed by atoms with Crippen molar-refractivity contribution in [3.63, 3.8) is 0 Å². The van der Waals surface area contributed by atoms with E-state index >= 15 is 0 Å². The molecule has 1 saturated heterocycles. The second kappa shape index (κ2) is 7.90. The van der Waals surface area contributed by atoms with Crippen LogP contribution in [0.15, 0.2) is 54.7 Å². The smallest absolute Gasteiger partial charge is 0.239 e. The van der Waals surface area contributed by atoms with Crippen LogP contribution in [-0.2, 0) is 9.59 Å². The first-order valence-corrected chi connectivity index (χ1v) is 8.45. The van der Waals surface area contributed by atoms with Crippen LogP contribution in [0.1, 0.15) is 24.4 Å². The number of nitrogens with two attached hydrogens (primary N) is 1. The molecule has 130 valence electrons. The van der Waals surface area contributed by atoms with Crippen molar-refractivity contribution in [2.45, 2.75) is 18.9 Å². The van der Waals surface area contributed by atoms with Gasteiger partial charge in [0.2, 0.25) is 11.8 Å². The minimum absolute atomic E-state index is 0.0697. The van der Waals surface area contributed by atoms with Crippen molar-refractivity contribution in [3.8, 4) is 0 Å². The molecule has 0 radical (unpaired) electrons. The van der Waals surface area contributed by atoms with E-state index in [9.17, 15) is 9.59 Å². The van der Waals surface area contributed by atoms with Gasteiger partial charge >= 0.3 is 0 Å². The van der Waals surface area contributed by atoms with Gasteiger partial charge in [0.05, 0.1) is 5.92 Å². The molecule has 3 N–H and O–H groups in total. The zero-order chi connectivity index (χ0) is 17.6. The molecule has 6 nitrogen and oxygen atoms in total. The molecular formula is C19H22N4O2. The molecule has 0 aliphatic carbocycles. The zero-order valence-corrected chi connectivity index (χ0v) is 14.0. The first-order chi connectivity index (χ1) is 12.1. The lowest BCUT2D eigenvalue weighted by Gasteiger charge is -2.36. The highest BCUT2D eigenvalue weighted by Crippen LogP contribution is 2.27. The predicted molar refractivity (Wildman–Crippen MR) is 95.5 cm³/mol. The van der Waals surface area contributed by atoms with Crippen LogP contribution in [0.2, 0.25) is 0 Å². The summed E-state index contributed by atoms with van der Waals surface area (Å²) >= 11 is 0. The Hall–Kier alpha value is -2.73. The maximum absolute atomic E-state index is 12.5. The summed E-state index contributed by atoms with van der Waals surface area (Å²) in [4.78, 5) is 30.7. The van der Waals surface area contributed by atoms with Gasteiger partial charge in [0.15, 0.2) is 0 Å². The summed E-state index contributed by atoms with van der Waals surface area (Å²) in [5, 5.41) is 2.85. The molecule has 2 atom stereocenters. The number of aromatic nitrogens is 1. The van der Waals surface area contributed by atoms with Crippen LogP contribution in [0.3, 0.4) is 0 Å². The standard InChI is InChI=1S/C19H22N4O2/c20-18(24)17(14-7-2-1-3-8-14)23-12-6-9-15(13-23)19(25)22-16-10-4-5-11-21-16/h1-5,7-8,10-11,15,17H,6,9,12-13H2,(H2,20,24)(H,21,22,25)/t15-,17-/m0/s1. The molecule has 0 unspecified atom stereocenters. The van der Waals surface area contributed by atoms with E-state index in [4.69, 9.17) is 5.73 Å². The van der Waals surface area contributed by atoms with Crippen molar-refractivity contribution in [2.75, 3.05) is 18.4 Å². The number of carbonyl (C=O) groups excluding carboxylic acids is 2. The Morgan fingerprint density at radius 1 is 1.16 bits per heavy atom. The number of anilines is 1. The molecule has 0 spiro atoms. The van der Waals surface area contributed by atoms with Crippen LogP contribution in [-0.4, -0.2) is 34.8 Å². The Kier molecular flexibility index (Phi) is 5.40. The minimum Gasteiger partial charge on any atom is -0.368 e. The number of carbonyl (C=O) groups is 2. The van der Waals surface area contributed by atoms with Crippen LogP contribution in [0.5, 0.6) is 0 Å². The number of likely N-dealkylation sites (tertiary alicyclic amines) is 1. The number of piperidine rings is 1. The van der Waals surface area contributed by atoms with Crippen LogP contribution < -0.4 is 11.1 Å². The summed E-state index contributed by atoms with van der Waals surface area (Å²) in [6, 6.07) is 14.4. The van der Waals surface area contributed by atoms with E-state index in [1.165, 1.54) is 0 Å². The zero-order valence-electron chi connectivity index (χ0n) is 14.0. The Morgan fingerprint density at radius 3 is 2.60 bits per heavy atom. The summed E-state index contributed by atoms with van der Waals surface area (Å²) in [5.74, 6) is -0.114. The highest BCUT2D eigenvalue weighted by atomic mass is 16.2.